The third-order valence-corrected chi connectivity index (χ3v) is 1.56. The molecular formula is C6H6ClO5P. The Hall–Kier alpha value is -0.580. The van der Waals surface area contributed by atoms with E-state index in [0.29, 0.717) is 5.02 Å². The molecule has 0 unspecified atom stereocenters. The quantitative estimate of drug-likeness (QED) is 0.465. The SMILES string of the molecule is O=P(O)(O)OOc1ccc(Cl)cc1. The van der Waals surface area contributed by atoms with Gasteiger partial charge in [0.1, 0.15) is 0 Å². The molecule has 5 nitrogen and oxygen atoms in total. The molecule has 13 heavy (non-hydrogen) atoms. The lowest BCUT2D eigenvalue weighted by Crippen LogP contribution is -1.93. The second-order valence-corrected chi connectivity index (χ2v) is 3.67. The molecule has 0 aromatic heterocycles. The number of rotatable bonds is 3. The minimum atomic E-state index is -4.60. The second-order valence-electron chi connectivity index (χ2n) is 2.10. The van der Waals surface area contributed by atoms with Gasteiger partial charge in [0.2, 0.25) is 0 Å². The average molecular weight is 225 g/mol. The summed E-state index contributed by atoms with van der Waals surface area (Å²) in [6.07, 6.45) is 0. The van der Waals surface area contributed by atoms with Crippen molar-refractivity contribution in [2.45, 2.75) is 0 Å². The minimum Gasteiger partial charge on any atom is -0.327 e. The molecule has 0 aliphatic rings. The van der Waals surface area contributed by atoms with Gasteiger partial charge in [-0.05, 0) is 24.3 Å². The first-order valence-corrected chi connectivity index (χ1v) is 5.05. The van der Waals surface area contributed by atoms with E-state index in [1.165, 1.54) is 24.3 Å². The van der Waals surface area contributed by atoms with Gasteiger partial charge in [-0.2, -0.15) is 0 Å². The fraction of sp³-hybridized carbons (Fsp3) is 0. The van der Waals surface area contributed by atoms with Crippen molar-refractivity contribution >= 4 is 19.4 Å². The van der Waals surface area contributed by atoms with Crippen LogP contribution in [-0.2, 0) is 9.24 Å². The van der Waals surface area contributed by atoms with Crippen molar-refractivity contribution in [2.75, 3.05) is 0 Å². The molecular weight excluding hydrogens is 218 g/mol. The fourth-order valence-electron chi connectivity index (χ4n) is 0.582. The molecule has 0 fully saturated rings. The topological polar surface area (TPSA) is 76.0 Å². The van der Waals surface area contributed by atoms with Gasteiger partial charge in [0.05, 0.1) is 0 Å². The van der Waals surface area contributed by atoms with Crippen molar-refractivity contribution in [1.29, 1.82) is 0 Å². The molecule has 0 aliphatic carbocycles. The highest BCUT2D eigenvalue weighted by molar-refractivity contribution is 7.46. The Balaban J connectivity index is 2.56. The van der Waals surface area contributed by atoms with Crippen LogP contribution in [0.2, 0.25) is 5.02 Å². The van der Waals surface area contributed by atoms with E-state index in [1.807, 2.05) is 0 Å². The van der Waals surface area contributed by atoms with Gasteiger partial charge in [0.15, 0.2) is 5.75 Å². The summed E-state index contributed by atoms with van der Waals surface area (Å²) >= 11 is 5.55. The Morgan fingerprint density at radius 2 is 1.77 bits per heavy atom. The lowest BCUT2D eigenvalue weighted by atomic mass is 10.3. The highest BCUT2D eigenvalue weighted by atomic mass is 35.5. The van der Waals surface area contributed by atoms with Gasteiger partial charge in [-0.25, -0.2) is 4.57 Å². The summed E-state index contributed by atoms with van der Waals surface area (Å²) in [6, 6.07) is 5.83. The number of halogens is 1. The molecule has 1 aromatic rings. The highest BCUT2D eigenvalue weighted by Crippen LogP contribution is 2.36. The van der Waals surface area contributed by atoms with E-state index in [1.54, 1.807) is 0 Å². The predicted molar refractivity (Wildman–Crippen MR) is 45.2 cm³/mol. The Kier molecular flexibility index (Phi) is 3.30. The first-order chi connectivity index (χ1) is 5.97. The van der Waals surface area contributed by atoms with Crippen LogP contribution in [0.5, 0.6) is 5.75 Å². The molecule has 0 saturated heterocycles. The molecule has 0 heterocycles. The number of phosphoric acid groups is 1. The zero-order valence-electron chi connectivity index (χ0n) is 6.25. The molecule has 7 heteroatoms. The summed E-state index contributed by atoms with van der Waals surface area (Å²) in [4.78, 5) is 20.8. The molecule has 0 amide bonds. The Morgan fingerprint density at radius 1 is 1.23 bits per heavy atom. The van der Waals surface area contributed by atoms with Crippen LogP contribution in [0.4, 0.5) is 0 Å². The molecule has 1 rings (SSSR count). The van der Waals surface area contributed by atoms with Crippen molar-refractivity contribution in [3.05, 3.63) is 29.3 Å². The van der Waals surface area contributed by atoms with Crippen molar-refractivity contribution in [3.8, 4) is 5.75 Å². The highest BCUT2D eigenvalue weighted by Gasteiger charge is 2.16. The van der Waals surface area contributed by atoms with E-state index >= 15 is 0 Å². The maximum absolute atomic E-state index is 10.2. The maximum atomic E-state index is 10.2. The van der Waals surface area contributed by atoms with Crippen LogP contribution in [0.1, 0.15) is 0 Å². The van der Waals surface area contributed by atoms with E-state index in [0.717, 1.165) is 0 Å². The Morgan fingerprint density at radius 3 is 2.23 bits per heavy atom. The summed E-state index contributed by atoms with van der Waals surface area (Å²) in [5.41, 5.74) is 0. The van der Waals surface area contributed by atoms with E-state index in [4.69, 9.17) is 21.4 Å². The van der Waals surface area contributed by atoms with Gasteiger partial charge >= 0.3 is 7.82 Å². The molecule has 72 valence electrons. The summed E-state index contributed by atoms with van der Waals surface area (Å²) in [7, 11) is -4.60. The zero-order chi connectivity index (χ0) is 9.90. The minimum absolute atomic E-state index is 0.160. The Bertz CT molecular complexity index is 318. The van der Waals surface area contributed by atoms with Crippen LogP contribution in [0, 0.1) is 0 Å². The number of hydrogen-bond acceptors (Lipinski definition) is 3. The lowest BCUT2D eigenvalue weighted by molar-refractivity contribution is -0.122. The maximum Gasteiger partial charge on any atom is 0.505 e. The average Bonchev–Trinajstić information content (AvgIpc) is 2.02. The molecule has 0 bridgehead atoms. The van der Waals surface area contributed by atoms with Gasteiger partial charge < -0.3 is 14.7 Å². The molecule has 2 N–H and O–H groups in total. The summed E-state index contributed by atoms with van der Waals surface area (Å²) in [6.45, 7) is 0. The third kappa shape index (κ3) is 4.26. The molecule has 0 radical (unpaired) electrons. The number of benzene rings is 1. The number of hydrogen-bond donors (Lipinski definition) is 2. The van der Waals surface area contributed by atoms with Gasteiger partial charge in [0.25, 0.3) is 0 Å². The van der Waals surface area contributed by atoms with Gasteiger partial charge in [-0.3, -0.25) is 0 Å². The zero-order valence-corrected chi connectivity index (χ0v) is 7.90. The van der Waals surface area contributed by atoms with Crippen molar-refractivity contribution < 1.29 is 23.9 Å². The van der Waals surface area contributed by atoms with Crippen LogP contribution < -0.4 is 4.89 Å². The van der Waals surface area contributed by atoms with Crippen LogP contribution in [0.15, 0.2) is 24.3 Å². The molecule has 0 atom stereocenters. The standard InChI is InChI=1S/C6H6ClO5P/c7-5-1-3-6(4-2-5)11-12-13(8,9)10/h1-4H,(H2,8,9,10). The second kappa shape index (κ2) is 4.09. The fourth-order valence-corrected chi connectivity index (χ4v) is 0.891. The van der Waals surface area contributed by atoms with E-state index < -0.39 is 7.82 Å². The normalized spacial score (nSPS) is 11.3. The summed E-state index contributed by atoms with van der Waals surface area (Å²) < 4.78 is 14.0. The first kappa shape index (κ1) is 10.5. The van der Waals surface area contributed by atoms with Crippen LogP contribution in [0.25, 0.3) is 0 Å². The predicted octanol–water partition coefficient (Wildman–Crippen LogP) is 1.74. The summed E-state index contributed by atoms with van der Waals surface area (Å²) in [5, 5.41) is 0.489. The van der Waals surface area contributed by atoms with Crippen LogP contribution >= 0.6 is 19.4 Å². The monoisotopic (exact) mass is 224 g/mol. The molecule has 0 saturated carbocycles. The third-order valence-electron chi connectivity index (χ3n) is 1.04. The first-order valence-electron chi connectivity index (χ1n) is 3.15. The van der Waals surface area contributed by atoms with Gasteiger partial charge in [0, 0.05) is 5.02 Å². The van der Waals surface area contributed by atoms with Crippen molar-refractivity contribution in [1.82, 2.24) is 0 Å². The van der Waals surface area contributed by atoms with E-state index in [9.17, 15) is 4.57 Å². The van der Waals surface area contributed by atoms with Crippen molar-refractivity contribution in [3.63, 3.8) is 0 Å². The largest absolute Gasteiger partial charge is 0.505 e. The van der Waals surface area contributed by atoms with Gasteiger partial charge in [-0.1, -0.05) is 16.3 Å². The van der Waals surface area contributed by atoms with Gasteiger partial charge in [-0.15, -0.1) is 0 Å². The van der Waals surface area contributed by atoms with Crippen LogP contribution in [0.3, 0.4) is 0 Å². The Labute approximate surface area is 79.0 Å². The van der Waals surface area contributed by atoms with Crippen LogP contribution in [-0.4, -0.2) is 9.79 Å². The lowest BCUT2D eigenvalue weighted by Gasteiger charge is -2.04. The summed E-state index contributed by atoms with van der Waals surface area (Å²) in [5.74, 6) is 0.160. The van der Waals surface area contributed by atoms with E-state index in [-0.39, 0.29) is 5.75 Å². The smallest absolute Gasteiger partial charge is 0.327 e. The molecule has 0 aliphatic heterocycles. The van der Waals surface area contributed by atoms with E-state index in [2.05, 4.69) is 9.56 Å². The van der Waals surface area contributed by atoms with Crippen molar-refractivity contribution in [2.24, 2.45) is 0 Å². The molecule has 1 aromatic carbocycles. The molecule has 0 spiro atoms.